The van der Waals surface area contributed by atoms with Crippen molar-refractivity contribution >= 4 is 35.8 Å². The first kappa shape index (κ1) is 26.9. The number of rotatable bonds is 9. The van der Waals surface area contributed by atoms with Crippen LogP contribution in [-0.2, 0) is 24.4 Å². The van der Waals surface area contributed by atoms with Crippen LogP contribution in [0, 0.1) is 0 Å². The Kier molecular flexibility index (Phi) is 12.2. The number of benzene rings is 2. The van der Waals surface area contributed by atoms with Crippen molar-refractivity contribution in [1.82, 2.24) is 15.5 Å². The van der Waals surface area contributed by atoms with Gasteiger partial charge in [0.1, 0.15) is 0 Å². The molecule has 0 aliphatic heterocycles. The summed E-state index contributed by atoms with van der Waals surface area (Å²) in [6.45, 7) is 8.77. The standard InChI is InChI=1S/C24H34N4O2.HI/c1-6-25-24(26-15-19-7-9-21(10-8-19)17-30-18(2)3)27-16-20-11-13-22(14-12-20)23(29)28(4)5;/h7-14,18H,6,15-17H2,1-5H3,(H2,25,26,27);1H. The average Bonchev–Trinajstić information content (AvgIpc) is 2.74. The molecule has 0 aliphatic carbocycles. The third kappa shape index (κ3) is 9.69. The van der Waals surface area contributed by atoms with E-state index in [2.05, 4.69) is 39.9 Å². The van der Waals surface area contributed by atoms with Crippen molar-refractivity contribution in [2.24, 2.45) is 4.99 Å². The third-order valence-electron chi connectivity index (χ3n) is 4.44. The summed E-state index contributed by atoms with van der Waals surface area (Å²) in [5.41, 5.74) is 4.08. The van der Waals surface area contributed by atoms with E-state index in [4.69, 9.17) is 4.74 Å². The van der Waals surface area contributed by atoms with Crippen LogP contribution in [0.15, 0.2) is 53.5 Å². The molecule has 0 unspecified atom stereocenters. The molecule has 0 bridgehead atoms. The molecule has 0 fully saturated rings. The number of nitrogens with one attached hydrogen (secondary N) is 2. The smallest absolute Gasteiger partial charge is 0.253 e. The number of carbonyl (C=O) groups is 1. The molecule has 0 radical (unpaired) electrons. The van der Waals surface area contributed by atoms with Crippen LogP contribution in [0.1, 0.15) is 47.8 Å². The fourth-order valence-electron chi connectivity index (χ4n) is 2.73. The number of ether oxygens (including phenoxy) is 1. The summed E-state index contributed by atoms with van der Waals surface area (Å²) in [4.78, 5) is 18.2. The molecular weight excluding hydrogens is 503 g/mol. The maximum atomic E-state index is 12.0. The van der Waals surface area contributed by atoms with Gasteiger partial charge in [-0.3, -0.25) is 4.79 Å². The number of hydrogen-bond donors (Lipinski definition) is 2. The van der Waals surface area contributed by atoms with Gasteiger partial charge in [0.15, 0.2) is 5.96 Å². The molecule has 2 N–H and O–H groups in total. The molecule has 0 saturated heterocycles. The minimum Gasteiger partial charge on any atom is -0.374 e. The summed E-state index contributed by atoms with van der Waals surface area (Å²) >= 11 is 0. The zero-order valence-electron chi connectivity index (χ0n) is 19.1. The number of hydrogen-bond acceptors (Lipinski definition) is 3. The van der Waals surface area contributed by atoms with Crippen molar-refractivity contribution in [3.63, 3.8) is 0 Å². The predicted octanol–water partition coefficient (Wildman–Crippen LogP) is 4.19. The lowest BCUT2D eigenvalue weighted by atomic mass is 10.1. The van der Waals surface area contributed by atoms with Gasteiger partial charge >= 0.3 is 0 Å². The molecule has 0 aliphatic rings. The number of carbonyl (C=O) groups excluding carboxylic acids is 1. The quantitative estimate of drug-likeness (QED) is 0.286. The van der Waals surface area contributed by atoms with Crippen LogP contribution in [0.3, 0.4) is 0 Å². The Morgan fingerprint density at radius 2 is 1.55 bits per heavy atom. The second-order valence-electron chi connectivity index (χ2n) is 7.62. The topological polar surface area (TPSA) is 66.0 Å². The Labute approximate surface area is 203 Å². The highest BCUT2D eigenvalue weighted by Crippen LogP contribution is 2.09. The van der Waals surface area contributed by atoms with Crippen molar-refractivity contribution in [1.29, 1.82) is 0 Å². The number of guanidine groups is 1. The Hall–Kier alpha value is -2.13. The molecule has 0 atom stereocenters. The van der Waals surface area contributed by atoms with Crippen LogP contribution in [0.2, 0.25) is 0 Å². The SMILES string of the molecule is CCNC(=NCc1ccc(C(=O)N(C)C)cc1)NCc1ccc(COC(C)C)cc1.I. The summed E-state index contributed by atoms with van der Waals surface area (Å²) in [5, 5.41) is 6.64. The third-order valence-corrected chi connectivity index (χ3v) is 4.44. The van der Waals surface area contributed by atoms with Crippen LogP contribution in [-0.4, -0.2) is 43.5 Å². The monoisotopic (exact) mass is 538 g/mol. The molecule has 2 rings (SSSR count). The molecule has 6 nitrogen and oxygen atoms in total. The van der Waals surface area contributed by atoms with Gasteiger partial charge in [0.2, 0.25) is 0 Å². The Balaban J connectivity index is 0.00000480. The maximum Gasteiger partial charge on any atom is 0.253 e. The van der Waals surface area contributed by atoms with Crippen LogP contribution >= 0.6 is 24.0 Å². The van der Waals surface area contributed by atoms with E-state index in [9.17, 15) is 4.79 Å². The highest BCUT2D eigenvalue weighted by Gasteiger charge is 2.07. The second kappa shape index (κ2) is 14.0. The first-order valence-electron chi connectivity index (χ1n) is 10.4. The molecule has 0 saturated carbocycles. The molecule has 170 valence electrons. The van der Waals surface area contributed by atoms with E-state index < -0.39 is 0 Å². The van der Waals surface area contributed by atoms with Gasteiger partial charge in [-0.25, -0.2) is 4.99 Å². The summed E-state index contributed by atoms with van der Waals surface area (Å²) in [7, 11) is 3.50. The van der Waals surface area contributed by atoms with E-state index in [0.717, 1.165) is 18.1 Å². The predicted molar refractivity (Wildman–Crippen MR) is 138 cm³/mol. The van der Waals surface area contributed by atoms with Gasteiger partial charge in [0, 0.05) is 32.7 Å². The largest absolute Gasteiger partial charge is 0.374 e. The molecule has 2 aromatic rings. The zero-order valence-corrected chi connectivity index (χ0v) is 21.5. The fraction of sp³-hybridized carbons (Fsp3) is 0.417. The van der Waals surface area contributed by atoms with E-state index in [1.807, 2.05) is 45.0 Å². The number of halogens is 1. The van der Waals surface area contributed by atoms with E-state index in [1.54, 1.807) is 19.0 Å². The Bertz CT molecular complexity index is 818. The highest BCUT2D eigenvalue weighted by molar-refractivity contribution is 14.0. The van der Waals surface area contributed by atoms with E-state index >= 15 is 0 Å². The van der Waals surface area contributed by atoms with Crippen LogP contribution in [0.25, 0.3) is 0 Å². The fourth-order valence-corrected chi connectivity index (χ4v) is 2.73. The Morgan fingerprint density at radius 3 is 2.10 bits per heavy atom. The van der Waals surface area contributed by atoms with E-state index in [0.29, 0.717) is 25.3 Å². The zero-order chi connectivity index (χ0) is 21.9. The number of aliphatic imine (C=N–C) groups is 1. The first-order valence-corrected chi connectivity index (χ1v) is 10.4. The molecule has 7 heteroatoms. The minimum atomic E-state index is 0. The van der Waals surface area contributed by atoms with Gasteiger partial charge in [0.05, 0.1) is 19.3 Å². The summed E-state index contributed by atoms with van der Waals surface area (Å²) in [6.07, 6.45) is 0.231. The number of nitrogens with zero attached hydrogens (tertiary/aromatic N) is 2. The lowest BCUT2D eigenvalue weighted by molar-refractivity contribution is 0.0657. The van der Waals surface area contributed by atoms with Gasteiger partial charge in [-0.05, 0) is 49.6 Å². The van der Waals surface area contributed by atoms with Gasteiger partial charge in [-0.2, -0.15) is 0 Å². The van der Waals surface area contributed by atoms with E-state index in [-0.39, 0.29) is 36.0 Å². The van der Waals surface area contributed by atoms with Crippen molar-refractivity contribution in [2.75, 3.05) is 20.6 Å². The van der Waals surface area contributed by atoms with Crippen LogP contribution < -0.4 is 10.6 Å². The lowest BCUT2D eigenvalue weighted by Gasteiger charge is -2.13. The molecule has 2 aromatic carbocycles. The van der Waals surface area contributed by atoms with E-state index in [1.165, 1.54) is 11.1 Å². The minimum absolute atomic E-state index is 0. The van der Waals surface area contributed by atoms with Crippen LogP contribution in [0.5, 0.6) is 0 Å². The molecular formula is C24H35IN4O2. The lowest BCUT2D eigenvalue weighted by Crippen LogP contribution is -2.36. The summed E-state index contributed by atoms with van der Waals surface area (Å²) in [5.74, 6) is 0.764. The molecule has 0 heterocycles. The van der Waals surface area contributed by atoms with Gasteiger partial charge in [0.25, 0.3) is 5.91 Å². The van der Waals surface area contributed by atoms with Gasteiger partial charge in [-0.15, -0.1) is 24.0 Å². The highest BCUT2D eigenvalue weighted by atomic mass is 127. The maximum absolute atomic E-state index is 12.0. The van der Waals surface area contributed by atoms with Crippen LogP contribution in [0.4, 0.5) is 0 Å². The number of amides is 1. The Morgan fingerprint density at radius 1 is 0.968 bits per heavy atom. The van der Waals surface area contributed by atoms with Crippen molar-refractivity contribution in [2.45, 2.75) is 46.6 Å². The molecule has 0 aromatic heterocycles. The molecule has 0 spiro atoms. The average molecular weight is 538 g/mol. The second-order valence-corrected chi connectivity index (χ2v) is 7.62. The molecule has 1 amide bonds. The van der Waals surface area contributed by atoms with Gasteiger partial charge in [-0.1, -0.05) is 36.4 Å². The van der Waals surface area contributed by atoms with Crippen molar-refractivity contribution in [3.8, 4) is 0 Å². The summed E-state index contributed by atoms with van der Waals surface area (Å²) in [6, 6.07) is 16.0. The normalized spacial score (nSPS) is 11.1. The molecule has 31 heavy (non-hydrogen) atoms. The van der Waals surface area contributed by atoms with Gasteiger partial charge < -0.3 is 20.3 Å². The van der Waals surface area contributed by atoms with Crippen molar-refractivity contribution in [3.05, 3.63) is 70.8 Å². The summed E-state index contributed by atoms with van der Waals surface area (Å²) < 4.78 is 5.64. The first-order chi connectivity index (χ1) is 14.4. The van der Waals surface area contributed by atoms with Crippen molar-refractivity contribution < 1.29 is 9.53 Å².